The maximum absolute atomic E-state index is 12.1. The van der Waals surface area contributed by atoms with Crippen molar-refractivity contribution in [2.24, 2.45) is 5.73 Å². The Hall–Kier alpha value is -2.16. The zero-order valence-electron chi connectivity index (χ0n) is 15.8. The topological polar surface area (TPSA) is 109 Å². The molecule has 9 heteroatoms. The van der Waals surface area contributed by atoms with Crippen LogP contribution in [0.4, 0.5) is 4.79 Å². The third-order valence-corrected chi connectivity index (χ3v) is 5.90. The van der Waals surface area contributed by atoms with Crippen molar-refractivity contribution < 1.29 is 9.59 Å². The van der Waals surface area contributed by atoms with E-state index in [4.69, 9.17) is 5.73 Å². The average molecular weight is 375 g/mol. The van der Waals surface area contributed by atoms with Crippen LogP contribution in [0.25, 0.3) is 0 Å². The number of urea groups is 1. The minimum Gasteiger partial charge on any atom is -0.352 e. The summed E-state index contributed by atoms with van der Waals surface area (Å²) >= 11 is 0. The molecule has 3 heterocycles. The van der Waals surface area contributed by atoms with E-state index < -0.39 is 6.03 Å². The number of rotatable bonds is 6. The molecule has 3 fully saturated rings. The Kier molecular flexibility index (Phi) is 5.29. The number of amides is 3. The number of carbonyl (C=O) groups excluding carboxylic acids is 2. The normalized spacial score (nSPS) is 21.6. The second kappa shape index (κ2) is 7.84. The number of nitrogens with zero attached hydrogens (tertiary/aromatic N) is 5. The first kappa shape index (κ1) is 18.2. The van der Waals surface area contributed by atoms with E-state index in [1.54, 1.807) is 4.90 Å². The summed E-state index contributed by atoms with van der Waals surface area (Å²) in [5.74, 6) is 2.48. The zero-order valence-corrected chi connectivity index (χ0v) is 15.8. The highest BCUT2D eigenvalue weighted by Gasteiger charge is 2.34. The van der Waals surface area contributed by atoms with Crippen molar-refractivity contribution in [3.8, 4) is 0 Å². The summed E-state index contributed by atoms with van der Waals surface area (Å²) in [4.78, 5) is 27.2. The first-order valence-electron chi connectivity index (χ1n) is 10.1. The highest BCUT2D eigenvalue weighted by Crippen LogP contribution is 2.40. The van der Waals surface area contributed by atoms with Gasteiger partial charge in [0.15, 0.2) is 0 Å². The van der Waals surface area contributed by atoms with Crippen LogP contribution in [0.15, 0.2) is 0 Å². The van der Waals surface area contributed by atoms with Gasteiger partial charge in [-0.2, -0.15) is 0 Å². The minimum atomic E-state index is -0.665. The summed E-state index contributed by atoms with van der Waals surface area (Å²) < 4.78 is 2.40. The maximum atomic E-state index is 12.1. The standard InChI is InChI=1S/C18H29N7O2/c19-18(27)20-11-16(26)24-9-5-13(6-10-24)17-22-21-15(25(17)14-3-4-14)12-23-7-1-2-8-23/h13-14H,1-12H2,(H3,19,20,27). The molecule has 1 aliphatic carbocycles. The Balaban J connectivity index is 1.38. The molecule has 3 aliphatic rings. The van der Waals surface area contributed by atoms with Gasteiger partial charge in [-0.15, -0.1) is 10.2 Å². The minimum absolute atomic E-state index is 0.0295. The monoisotopic (exact) mass is 375 g/mol. The maximum Gasteiger partial charge on any atom is 0.312 e. The lowest BCUT2D eigenvalue weighted by Crippen LogP contribution is -2.45. The van der Waals surface area contributed by atoms with Gasteiger partial charge in [-0.3, -0.25) is 9.69 Å². The molecule has 4 rings (SSSR count). The fourth-order valence-electron chi connectivity index (χ4n) is 4.26. The van der Waals surface area contributed by atoms with Crippen molar-refractivity contribution in [2.75, 3.05) is 32.7 Å². The van der Waals surface area contributed by atoms with Gasteiger partial charge in [0.05, 0.1) is 13.1 Å². The lowest BCUT2D eigenvalue weighted by Gasteiger charge is -2.32. The first-order valence-corrected chi connectivity index (χ1v) is 10.1. The Morgan fingerprint density at radius 2 is 1.74 bits per heavy atom. The van der Waals surface area contributed by atoms with Gasteiger partial charge < -0.3 is 20.5 Å². The first-order chi connectivity index (χ1) is 13.1. The Labute approximate surface area is 159 Å². The van der Waals surface area contributed by atoms with Crippen molar-refractivity contribution in [2.45, 2.75) is 57.0 Å². The molecular formula is C18H29N7O2. The molecule has 1 aromatic rings. The Bertz CT molecular complexity index is 686. The second-order valence-corrected chi connectivity index (χ2v) is 7.93. The fraction of sp³-hybridized carbons (Fsp3) is 0.778. The van der Waals surface area contributed by atoms with E-state index in [2.05, 4.69) is 25.0 Å². The molecule has 0 aromatic carbocycles. The predicted molar refractivity (Wildman–Crippen MR) is 98.9 cm³/mol. The van der Waals surface area contributed by atoms with Crippen molar-refractivity contribution in [3.05, 3.63) is 11.6 Å². The summed E-state index contributed by atoms with van der Waals surface area (Å²) in [6.07, 6.45) is 6.76. The van der Waals surface area contributed by atoms with E-state index in [1.807, 2.05) is 0 Å². The molecule has 0 unspecified atom stereocenters. The van der Waals surface area contributed by atoms with E-state index in [1.165, 1.54) is 25.7 Å². The summed E-state index contributed by atoms with van der Waals surface area (Å²) in [5, 5.41) is 11.5. The van der Waals surface area contributed by atoms with Gasteiger partial charge in [-0.05, 0) is 51.6 Å². The van der Waals surface area contributed by atoms with Gasteiger partial charge in [-0.25, -0.2) is 4.79 Å². The summed E-state index contributed by atoms with van der Waals surface area (Å²) in [6, 6.07) is -0.103. The summed E-state index contributed by atoms with van der Waals surface area (Å²) in [7, 11) is 0. The van der Waals surface area contributed by atoms with E-state index >= 15 is 0 Å². The molecule has 148 valence electrons. The summed E-state index contributed by atoms with van der Waals surface area (Å²) in [5.41, 5.74) is 5.04. The molecule has 0 atom stereocenters. The molecule has 2 saturated heterocycles. The second-order valence-electron chi connectivity index (χ2n) is 7.93. The molecular weight excluding hydrogens is 346 g/mol. The lowest BCUT2D eigenvalue weighted by atomic mass is 9.95. The molecule has 0 radical (unpaired) electrons. The van der Waals surface area contributed by atoms with Gasteiger partial charge >= 0.3 is 6.03 Å². The van der Waals surface area contributed by atoms with E-state index in [0.717, 1.165) is 44.1 Å². The fourth-order valence-corrected chi connectivity index (χ4v) is 4.26. The molecule has 1 aromatic heterocycles. The van der Waals surface area contributed by atoms with Crippen LogP contribution in [0.2, 0.25) is 0 Å². The van der Waals surface area contributed by atoms with Crippen LogP contribution in [0, 0.1) is 0 Å². The van der Waals surface area contributed by atoms with Gasteiger partial charge in [0.1, 0.15) is 11.6 Å². The van der Waals surface area contributed by atoms with Crippen LogP contribution in [0.3, 0.4) is 0 Å². The predicted octanol–water partition coefficient (Wildman–Crippen LogP) is 0.583. The van der Waals surface area contributed by atoms with E-state index in [9.17, 15) is 9.59 Å². The van der Waals surface area contributed by atoms with Crippen LogP contribution in [-0.4, -0.2) is 69.2 Å². The molecule has 1 saturated carbocycles. The van der Waals surface area contributed by atoms with Gasteiger partial charge in [0.2, 0.25) is 5.91 Å². The average Bonchev–Trinajstić information content (AvgIpc) is 3.21. The molecule has 3 N–H and O–H groups in total. The number of hydrogen-bond acceptors (Lipinski definition) is 5. The van der Waals surface area contributed by atoms with Crippen LogP contribution >= 0.6 is 0 Å². The van der Waals surface area contributed by atoms with Crippen LogP contribution in [0.1, 0.15) is 62.1 Å². The highest BCUT2D eigenvalue weighted by molar-refractivity contribution is 5.83. The molecule has 27 heavy (non-hydrogen) atoms. The molecule has 2 aliphatic heterocycles. The van der Waals surface area contributed by atoms with Crippen molar-refractivity contribution >= 4 is 11.9 Å². The van der Waals surface area contributed by atoms with Crippen molar-refractivity contribution in [3.63, 3.8) is 0 Å². The number of aromatic nitrogens is 3. The molecule has 3 amide bonds. The molecule has 9 nitrogen and oxygen atoms in total. The summed E-state index contributed by atoms with van der Waals surface area (Å²) in [6.45, 7) is 4.56. The van der Waals surface area contributed by atoms with Crippen LogP contribution in [0.5, 0.6) is 0 Å². The number of primary amides is 1. The largest absolute Gasteiger partial charge is 0.352 e. The number of piperidine rings is 1. The number of nitrogens with one attached hydrogen (secondary N) is 1. The highest BCUT2D eigenvalue weighted by atomic mass is 16.2. The van der Waals surface area contributed by atoms with Crippen molar-refractivity contribution in [1.82, 2.24) is 29.9 Å². The molecule has 0 bridgehead atoms. The van der Waals surface area contributed by atoms with Gasteiger partial charge in [-0.1, -0.05) is 0 Å². The number of likely N-dealkylation sites (tertiary alicyclic amines) is 2. The Morgan fingerprint density at radius 3 is 2.37 bits per heavy atom. The number of nitrogens with two attached hydrogens (primary N) is 1. The van der Waals surface area contributed by atoms with Crippen LogP contribution < -0.4 is 11.1 Å². The van der Waals surface area contributed by atoms with E-state index in [-0.39, 0.29) is 12.5 Å². The zero-order chi connectivity index (χ0) is 18.8. The smallest absolute Gasteiger partial charge is 0.312 e. The third-order valence-electron chi connectivity index (χ3n) is 5.90. The lowest BCUT2D eigenvalue weighted by molar-refractivity contribution is -0.131. The van der Waals surface area contributed by atoms with Crippen molar-refractivity contribution in [1.29, 1.82) is 0 Å². The van der Waals surface area contributed by atoms with Crippen LogP contribution in [-0.2, 0) is 11.3 Å². The third kappa shape index (κ3) is 4.23. The van der Waals surface area contributed by atoms with Gasteiger partial charge in [0.25, 0.3) is 0 Å². The quantitative estimate of drug-likeness (QED) is 0.756. The SMILES string of the molecule is NC(=O)NCC(=O)N1CCC(c2nnc(CN3CCCC3)n2C2CC2)CC1. The van der Waals surface area contributed by atoms with Gasteiger partial charge in [0, 0.05) is 25.0 Å². The number of hydrogen-bond donors (Lipinski definition) is 2. The van der Waals surface area contributed by atoms with E-state index in [0.29, 0.717) is 25.0 Å². The number of carbonyl (C=O) groups is 2. The Morgan fingerprint density at radius 1 is 1.04 bits per heavy atom. The molecule has 0 spiro atoms.